The average Bonchev–Trinajstić information content (AvgIpc) is 2.67. The summed E-state index contributed by atoms with van der Waals surface area (Å²) in [6.45, 7) is 7.63. The number of carbonyl (C=O) groups is 3. The first-order chi connectivity index (χ1) is 13.8. The summed E-state index contributed by atoms with van der Waals surface area (Å²) < 4.78 is 15.5. The van der Waals surface area contributed by atoms with Crippen LogP contribution in [0, 0.1) is 5.92 Å². The second kappa shape index (κ2) is 10.1. The van der Waals surface area contributed by atoms with Gasteiger partial charge in [-0.15, -0.1) is 0 Å². The van der Waals surface area contributed by atoms with Crippen LogP contribution in [0.2, 0.25) is 0 Å². The molecule has 1 N–H and O–H groups in total. The number of anilines is 1. The van der Waals surface area contributed by atoms with Crippen LogP contribution in [0.4, 0.5) is 5.69 Å². The van der Waals surface area contributed by atoms with Gasteiger partial charge in [0.15, 0.2) is 5.57 Å². The number of unbranched alkanes of at least 4 members (excludes halogenated alkanes) is 1. The molecule has 0 aliphatic carbocycles. The SMILES string of the molecule is CCCCC(CC)COC(=O)c1ccc(NC=C2C(=O)OC(C)(C)OC2=O)cc1. The molecule has 0 spiro atoms. The average molecular weight is 403 g/mol. The molecule has 29 heavy (non-hydrogen) atoms. The van der Waals surface area contributed by atoms with Crippen LogP contribution >= 0.6 is 0 Å². The van der Waals surface area contributed by atoms with E-state index in [0.29, 0.717) is 23.8 Å². The van der Waals surface area contributed by atoms with Crippen molar-refractivity contribution in [3.05, 3.63) is 41.6 Å². The third kappa shape index (κ3) is 6.62. The summed E-state index contributed by atoms with van der Waals surface area (Å²) in [5.74, 6) is -2.78. The predicted octanol–water partition coefficient (Wildman–Crippen LogP) is 4.19. The number of cyclic esters (lactones) is 2. The van der Waals surface area contributed by atoms with Gasteiger partial charge in [-0.25, -0.2) is 14.4 Å². The molecule has 1 aliphatic rings. The quantitative estimate of drug-likeness (QED) is 0.375. The Labute approximate surface area is 171 Å². The first-order valence-corrected chi connectivity index (χ1v) is 9.96. The summed E-state index contributed by atoms with van der Waals surface area (Å²) >= 11 is 0. The van der Waals surface area contributed by atoms with Crippen molar-refractivity contribution < 1.29 is 28.6 Å². The Morgan fingerprint density at radius 3 is 2.31 bits per heavy atom. The highest BCUT2D eigenvalue weighted by Gasteiger charge is 2.38. The van der Waals surface area contributed by atoms with Crippen LogP contribution in [0.15, 0.2) is 36.0 Å². The topological polar surface area (TPSA) is 90.9 Å². The van der Waals surface area contributed by atoms with Crippen LogP contribution in [-0.4, -0.2) is 30.3 Å². The number of benzene rings is 1. The molecule has 1 heterocycles. The number of hydrogen-bond donors (Lipinski definition) is 1. The van der Waals surface area contributed by atoms with E-state index in [1.54, 1.807) is 24.3 Å². The molecule has 7 heteroatoms. The van der Waals surface area contributed by atoms with Crippen molar-refractivity contribution in [3.63, 3.8) is 0 Å². The molecule has 7 nitrogen and oxygen atoms in total. The van der Waals surface area contributed by atoms with Crippen LogP contribution in [0.1, 0.15) is 63.7 Å². The van der Waals surface area contributed by atoms with E-state index in [2.05, 4.69) is 19.2 Å². The van der Waals surface area contributed by atoms with Crippen molar-refractivity contribution in [3.8, 4) is 0 Å². The van der Waals surface area contributed by atoms with E-state index < -0.39 is 17.7 Å². The van der Waals surface area contributed by atoms with E-state index in [-0.39, 0.29) is 11.5 Å². The van der Waals surface area contributed by atoms with Crippen molar-refractivity contribution in [2.24, 2.45) is 5.92 Å². The predicted molar refractivity (Wildman–Crippen MR) is 108 cm³/mol. The van der Waals surface area contributed by atoms with Gasteiger partial charge in [0.05, 0.1) is 12.2 Å². The Hall–Kier alpha value is -2.83. The highest BCUT2D eigenvalue weighted by molar-refractivity contribution is 6.15. The van der Waals surface area contributed by atoms with Crippen molar-refractivity contribution in [1.82, 2.24) is 0 Å². The molecule has 1 saturated heterocycles. The lowest BCUT2D eigenvalue weighted by molar-refractivity contribution is -0.222. The van der Waals surface area contributed by atoms with Gasteiger partial charge in [0.25, 0.3) is 5.79 Å². The second-order valence-corrected chi connectivity index (χ2v) is 7.47. The zero-order chi connectivity index (χ0) is 21.4. The summed E-state index contributed by atoms with van der Waals surface area (Å²) in [4.78, 5) is 36.0. The summed E-state index contributed by atoms with van der Waals surface area (Å²) in [6, 6.07) is 6.56. The highest BCUT2D eigenvalue weighted by atomic mass is 16.7. The van der Waals surface area contributed by atoms with Gasteiger partial charge in [-0.2, -0.15) is 0 Å². The van der Waals surface area contributed by atoms with E-state index in [0.717, 1.165) is 25.7 Å². The Morgan fingerprint density at radius 2 is 1.76 bits per heavy atom. The first kappa shape index (κ1) is 22.5. The molecule has 1 aromatic carbocycles. The maximum Gasteiger partial charge on any atom is 0.350 e. The van der Waals surface area contributed by atoms with E-state index in [1.807, 2.05) is 0 Å². The zero-order valence-corrected chi connectivity index (χ0v) is 17.4. The normalized spacial score (nSPS) is 16.5. The summed E-state index contributed by atoms with van der Waals surface area (Å²) in [7, 11) is 0. The minimum absolute atomic E-state index is 0.231. The van der Waals surface area contributed by atoms with Gasteiger partial charge in [0, 0.05) is 25.7 Å². The molecule has 1 unspecified atom stereocenters. The molecule has 158 valence electrons. The number of carbonyl (C=O) groups excluding carboxylic acids is 3. The number of esters is 3. The van der Waals surface area contributed by atoms with Crippen LogP contribution in [0.3, 0.4) is 0 Å². The molecule has 0 aromatic heterocycles. The Morgan fingerprint density at radius 1 is 1.14 bits per heavy atom. The van der Waals surface area contributed by atoms with Crippen molar-refractivity contribution >= 4 is 23.6 Å². The van der Waals surface area contributed by atoms with Gasteiger partial charge < -0.3 is 19.5 Å². The monoisotopic (exact) mass is 403 g/mol. The molecule has 0 amide bonds. The molecule has 1 aliphatic heterocycles. The van der Waals surface area contributed by atoms with Crippen LogP contribution in [0.5, 0.6) is 0 Å². The Balaban J connectivity index is 1.92. The van der Waals surface area contributed by atoms with Gasteiger partial charge in [-0.1, -0.05) is 33.1 Å². The third-order valence-electron chi connectivity index (χ3n) is 4.61. The van der Waals surface area contributed by atoms with E-state index >= 15 is 0 Å². The van der Waals surface area contributed by atoms with Crippen LogP contribution in [0.25, 0.3) is 0 Å². The summed E-state index contributed by atoms with van der Waals surface area (Å²) in [5, 5.41) is 2.84. The number of nitrogens with one attached hydrogen (secondary N) is 1. The number of ether oxygens (including phenoxy) is 3. The summed E-state index contributed by atoms with van der Waals surface area (Å²) in [6.07, 6.45) is 5.52. The fourth-order valence-corrected chi connectivity index (χ4v) is 2.81. The Bertz CT molecular complexity index is 744. The molecule has 1 aromatic rings. The van der Waals surface area contributed by atoms with Crippen molar-refractivity contribution in [2.45, 2.75) is 59.2 Å². The van der Waals surface area contributed by atoms with Crippen LogP contribution < -0.4 is 5.32 Å². The second-order valence-electron chi connectivity index (χ2n) is 7.47. The number of hydrogen-bond acceptors (Lipinski definition) is 7. The van der Waals surface area contributed by atoms with Gasteiger partial charge in [-0.05, 0) is 36.6 Å². The third-order valence-corrected chi connectivity index (χ3v) is 4.61. The van der Waals surface area contributed by atoms with Gasteiger partial charge in [0.2, 0.25) is 0 Å². The molecular weight excluding hydrogens is 374 g/mol. The maximum atomic E-state index is 12.2. The minimum atomic E-state index is -1.28. The van der Waals surface area contributed by atoms with Gasteiger partial charge in [-0.3, -0.25) is 0 Å². The van der Waals surface area contributed by atoms with Gasteiger partial charge >= 0.3 is 17.9 Å². The van der Waals surface area contributed by atoms with E-state index in [4.69, 9.17) is 14.2 Å². The minimum Gasteiger partial charge on any atom is -0.462 e. The molecule has 1 atom stereocenters. The molecular formula is C22H29NO6. The van der Waals surface area contributed by atoms with Crippen molar-refractivity contribution in [2.75, 3.05) is 11.9 Å². The van der Waals surface area contributed by atoms with E-state index in [9.17, 15) is 14.4 Å². The van der Waals surface area contributed by atoms with Crippen molar-refractivity contribution in [1.29, 1.82) is 0 Å². The fraction of sp³-hybridized carbons (Fsp3) is 0.500. The molecule has 1 fully saturated rings. The largest absolute Gasteiger partial charge is 0.462 e. The molecule has 2 rings (SSSR count). The van der Waals surface area contributed by atoms with Gasteiger partial charge in [0.1, 0.15) is 0 Å². The number of rotatable bonds is 9. The molecule has 0 radical (unpaired) electrons. The smallest absolute Gasteiger partial charge is 0.350 e. The molecule has 0 saturated carbocycles. The molecule has 0 bridgehead atoms. The summed E-state index contributed by atoms with van der Waals surface area (Å²) in [5.41, 5.74) is 0.797. The lowest BCUT2D eigenvalue weighted by atomic mass is 10.0. The Kier molecular flexibility index (Phi) is 7.82. The zero-order valence-electron chi connectivity index (χ0n) is 17.4. The fourth-order valence-electron chi connectivity index (χ4n) is 2.81. The standard InChI is InChI=1S/C22H29NO6/c1-5-7-8-15(6-2)14-27-19(24)16-9-11-17(12-10-16)23-13-18-20(25)28-22(3,4)29-21(18)26/h9-13,15,23H,5-8,14H2,1-4H3. The van der Waals surface area contributed by atoms with E-state index in [1.165, 1.54) is 20.0 Å². The van der Waals surface area contributed by atoms with Crippen LogP contribution in [-0.2, 0) is 23.8 Å². The first-order valence-electron chi connectivity index (χ1n) is 9.96. The lowest BCUT2D eigenvalue weighted by Crippen LogP contribution is -2.42. The highest BCUT2D eigenvalue weighted by Crippen LogP contribution is 2.23. The lowest BCUT2D eigenvalue weighted by Gasteiger charge is -2.29. The maximum absolute atomic E-state index is 12.2.